The number of rotatable bonds is 3. The van der Waals surface area contributed by atoms with Gasteiger partial charge in [0.25, 0.3) is 0 Å². The number of aryl methyl sites for hydroxylation is 1. The average molecular weight is 389 g/mol. The summed E-state index contributed by atoms with van der Waals surface area (Å²) in [5.74, 6) is 0.252. The van der Waals surface area contributed by atoms with Gasteiger partial charge in [0.15, 0.2) is 0 Å². The number of carbonyl (C=O) groups excluding carboxylic acids is 1. The zero-order valence-corrected chi connectivity index (χ0v) is 17.2. The highest BCUT2D eigenvalue weighted by Gasteiger charge is 2.27. The number of nitrogens with one attached hydrogen (secondary N) is 2. The maximum absolute atomic E-state index is 12.3. The van der Waals surface area contributed by atoms with Gasteiger partial charge in [-0.3, -0.25) is 4.79 Å². The second-order valence-corrected chi connectivity index (χ2v) is 8.36. The molecule has 1 fully saturated rings. The van der Waals surface area contributed by atoms with Crippen molar-refractivity contribution in [2.45, 2.75) is 52.1 Å². The summed E-state index contributed by atoms with van der Waals surface area (Å²) in [7, 11) is 0. The molecule has 3 aromatic rings. The molecule has 1 amide bonds. The van der Waals surface area contributed by atoms with Crippen LogP contribution in [-0.4, -0.2) is 33.9 Å². The lowest BCUT2D eigenvalue weighted by Gasteiger charge is -2.32. The van der Waals surface area contributed by atoms with Crippen LogP contribution in [0, 0.1) is 6.92 Å². The van der Waals surface area contributed by atoms with Gasteiger partial charge in [-0.15, -0.1) is 0 Å². The molecule has 1 saturated heterocycles. The molecule has 0 spiro atoms. The van der Waals surface area contributed by atoms with E-state index in [4.69, 9.17) is 0 Å². The summed E-state index contributed by atoms with van der Waals surface area (Å²) in [5.41, 5.74) is 8.67. The molecule has 5 rings (SSSR count). The average Bonchev–Trinajstić information content (AvgIpc) is 3.42. The first kappa shape index (κ1) is 18.4. The van der Waals surface area contributed by atoms with Crippen molar-refractivity contribution in [2.75, 3.05) is 13.1 Å². The number of H-pyrrole nitrogens is 1. The molecule has 0 aliphatic carbocycles. The van der Waals surface area contributed by atoms with E-state index in [-0.39, 0.29) is 5.91 Å². The Morgan fingerprint density at radius 1 is 1.28 bits per heavy atom. The quantitative estimate of drug-likeness (QED) is 0.705. The lowest BCUT2D eigenvalue weighted by molar-refractivity contribution is -0.131. The SMILES string of the molecule is CCC(=O)N1CCc2cc(-c3cnc4[nH]cc(C)c4c3)cc(C3CCCN3)c2C1. The van der Waals surface area contributed by atoms with Crippen molar-refractivity contribution in [3.05, 3.63) is 52.8 Å². The number of fused-ring (bicyclic) bond motifs is 2. The van der Waals surface area contributed by atoms with E-state index in [9.17, 15) is 4.79 Å². The van der Waals surface area contributed by atoms with E-state index in [1.54, 1.807) is 0 Å². The molecule has 150 valence electrons. The van der Waals surface area contributed by atoms with Gasteiger partial charge in [-0.1, -0.05) is 13.0 Å². The van der Waals surface area contributed by atoms with Gasteiger partial charge in [0.2, 0.25) is 5.91 Å². The Kier molecular flexibility index (Phi) is 4.63. The van der Waals surface area contributed by atoms with E-state index in [0.29, 0.717) is 12.5 Å². The van der Waals surface area contributed by atoms with Crippen LogP contribution in [0.2, 0.25) is 0 Å². The summed E-state index contributed by atoms with van der Waals surface area (Å²) in [5, 5.41) is 4.85. The van der Waals surface area contributed by atoms with Crippen LogP contribution in [0.1, 0.15) is 54.5 Å². The van der Waals surface area contributed by atoms with Gasteiger partial charge in [-0.25, -0.2) is 4.98 Å². The van der Waals surface area contributed by atoms with Crippen LogP contribution in [-0.2, 0) is 17.8 Å². The van der Waals surface area contributed by atoms with E-state index in [0.717, 1.165) is 43.7 Å². The minimum absolute atomic E-state index is 0.252. The number of amides is 1. The van der Waals surface area contributed by atoms with Crippen LogP contribution in [0.3, 0.4) is 0 Å². The highest BCUT2D eigenvalue weighted by Crippen LogP contribution is 2.36. The maximum Gasteiger partial charge on any atom is 0.222 e. The molecule has 1 unspecified atom stereocenters. The Bertz CT molecular complexity index is 1080. The lowest BCUT2D eigenvalue weighted by atomic mass is 9.87. The standard InChI is InChI=1S/C24H28N4O/c1-3-23(29)28-8-6-16-9-17(10-20(21(16)14-28)22-5-4-7-25-22)18-11-19-15(2)12-26-24(19)27-13-18/h9-13,22,25H,3-8,14H2,1-2H3,(H,26,27). The Hall–Kier alpha value is -2.66. The molecule has 0 bridgehead atoms. The predicted octanol–water partition coefficient (Wildman–Crippen LogP) is 4.26. The fraction of sp³-hybridized carbons (Fsp3) is 0.417. The van der Waals surface area contributed by atoms with E-state index in [1.165, 1.54) is 39.6 Å². The Balaban J connectivity index is 1.61. The Morgan fingerprint density at radius 3 is 2.97 bits per heavy atom. The molecular formula is C24H28N4O. The normalized spacial score (nSPS) is 19.0. The molecule has 5 heteroatoms. The first-order valence-electron chi connectivity index (χ1n) is 10.7. The Labute approximate surface area is 171 Å². The van der Waals surface area contributed by atoms with Crippen LogP contribution in [0.15, 0.2) is 30.6 Å². The number of nitrogens with zero attached hydrogens (tertiary/aromatic N) is 2. The van der Waals surface area contributed by atoms with Crippen molar-refractivity contribution in [1.29, 1.82) is 0 Å². The minimum Gasteiger partial charge on any atom is -0.346 e. The molecule has 29 heavy (non-hydrogen) atoms. The van der Waals surface area contributed by atoms with Crippen molar-refractivity contribution in [3.8, 4) is 11.1 Å². The monoisotopic (exact) mass is 388 g/mol. The van der Waals surface area contributed by atoms with E-state index in [1.807, 2.05) is 24.2 Å². The van der Waals surface area contributed by atoms with Crippen molar-refractivity contribution in [1.82, 2.24) is 20.2 Å². The van der Waals surface area contributed by atoms with Gasteiger partial charge in [0.05, 0.1) is 0 Å². The summed E-state index contributed by atoms with van der Waals surface area (Å²) in [4.78, 5) is 22.2. The van der Waals surface area contributed by atoms with Crippen molar-refractivity contribution < 1.29 is 4.79 Å². The summed E-state index contributed by atoms with van der Waals surface area (Å²) in [6.07, 6.45) is 7.85. The molecule has 0 saturated carbocycles. The van der Waals surface area contributed by atoms with Crippen LogP contribution in [0.25, 0.3) is 22.2 Å². The van der Waals surface area contributed by atoms with E-state index in [2.05, 4.69) is 40.4 Å². The van der Waals surface area contributed by atoms with Crippen LogP contribution < -0.4 is 5.32 Å². The third kappa shape index (κ3) is 3.23. The third-order valence-electron chi connectivity index (χ3n) is 6.54. The fourth-order valence-electron chi connectivity index (χ4n) is 4.85. The Morgan fingerprint density at radius 2 is 2.17 bits per heavy atom. The smallest absolute Gasteiger partial charge is 0.222 e. The van der Waals surface area contributed by atoms with E-state index >= 15 is 0 Å². The number of pyridine rings is 1. The first-order valence-corrected chi connectivity index (χ1v) is 10.7. The molecule has 2 aliphatic rings. The number of aromatic amines is 1. The largest absolute Gasteiger partial charge is 0.346 e. The van der Waals surface area contributed by atoms with Crippen molar-refractivity contribution in [2.24, 2.45) is 0 Å². The van der Waals surface area contributed by atoms with Gasteiger partial charge in [0.1, 0.15) is 5.65 Å². The second-order valence-electron chi connectivity index (χ2n) is 8.36. The lowest BCUT2D eigenvalue weighted by Crippen LogP contribution is -2.36. The molecule has 4 heterocycles. The van der Waals surface area contributed by atoms with Crippen LogP contribution in [0.4, 0.5) is 0 Å². The van der Waals surface area contributed by atoms with E-state index < -0.39 is 0 Å². The molecule has 1 aromatic carbocycles. The highest BCUT2D eigenvalue weighted by atomic mass is 16.2. The second kappa shape index (κ2) is 7.30. The van der Waals surface area contributed by atoms with Gasteiger partial charge >= 0.3 is 0 Å². The topological polar surface area (TPSA) is 61.0 Å². The molecule has 1 atom stereocenters. The molecule has 0 radical (unpaired) electrons. The summed E-state index contributed by atoms with van der Waals surface area (Å²) < 4.78 is 0. The number of carbonyl (C=O) groups is 1. The zero-order valence-electron chi connectivity index (χ0n) is 17.2. The van der Waals surface area contributed by atoms with Crippen LogP contribution >= 0.6 is 0 Å². The third-order valence-corrected chi connectivity index (χ3v) is 6.54. The highest BCUT2D eigenvalue weighted by molar-refractivity contribution is 5.84. The fourth-order valence-corrected chi connectivity index (χ4v) is 4.85. The maximum atomic E-state index is 12.3. The number of aromatic nitrogens is 2. The van der Waals surface area contributed by atoms with Crippen molar-refractivity contribution >= 4 is 16.9 Å². The van der Waals surface area contributed by atoms with Gasteiger partial charge < -0.3 is 15.2 Å². The summed E-state index contributed by atoms with van der Waals surface area (Å²) in [6, 6.07) is 7.29. The molecule has 2 aliphatic heterocycles. The first-order chi connectivity index (χ1) is 14.1. The molecular weight excluding hydrogens is 360 g/mol. The number of hydrogen-bond acceptors (Lipinski definition) is 3. The number of hydrogen-bond donors (Lipinski definition) is 2. The minimum atomic E-state index is 0.252. The zero-order chi connectivity index (χ0) is 20.0. The van der Waals surface area contributed by atoms with Crippen LogP contribution in [0.5, 0.6) is 0 Å². The molecule has 5 nitrogen and oxygen atoms in total. The molecule has 2 N–H and O–H groups in total. The van der Waals surface area contributed by atoms with Gasteiger partial charge in [-0.05, 0) is 72.7 Å². The summed E-state index contributed by atoms with van der Waals surface area (Å²) >= 11 is 0. The molecule has 2 aromatic heterocycles. The van der Waals surface area contributed by atoms with Gasteiger partial charge in [-0.2, -0.15) is 0 Å². The number of benzene rings is 1. The van der Waals surface area contributed by atoms with Gasteiger partial charge in [0, 0.05) is 48.9 Å². The predicted molar refractivity (Wildman–Crippen MR) is 116 cm³/mol. The summed E-state index contributed by atoms with van der Waals surface area (Å²) in [6.45, 7) is 6.69. The van der Waals surface area contributed by atoms with Crippen molar-refractivity contribution in [3.63, 3.8) is 0 Å².